The van der Waals surface area contributed by atoms with Gasteiger partial charge in [-0.3, -0.25) is 4.98 Å². The molecule has 0 spiro atoms. The molecule has 2 aliphatic heterocycles. The number of nitrogens with zero attached hydrogens (tertiary/aromatic N) is 4. The lowest BCUT2D eigenvalue weighted by Crippen LogP contribution is -2.47. The Hall–Kier alpha value is -2.09. The summed E-state index contributed by atoms with van der Waals surface area (Å²) >= 11 is 0. The second-order valence-electron chi connectivity index (χ2n) is 5.26. The van der Waals surface area contributed by atoms with Crippen molar-refractivity contribution in [3.8, 4) is 11.8 Å². The number of likely N-dealkylation sites (tertiary alicyclic amines) is 1. The van der Waals surface area contributed by atoms with Crippen molar-refractivity contribution < 1.29 is 19.0 Å². The van der Waals surface area contributed by atoms with Crippen molar-refractivity contribution in [3.63, 3.8) is 0 Å². The quantitative estimate of drug-likeness (QED) is 0.804. The first-order valence-corrected chi connectivity index (χ1v) is 7.40. The van der Waals surface area contributed by atoms with Crippen molar-refractivity contribution >= 4 is 6.03 Å². The highest BCUT2D eigenvalue weighted by Crippen LogP contribution is 2.19. The molecule has 8 heteroatoms. The zero-order chi connectivity index (χ0) is 15.4. The van der Waals surface area contributed by atoms with E-state index in [1.165, 1.54) is 13.3 Å². The van der Waals surface area contributed by atoms with Crippen LogP contribution in [0.25, 0.3) is 0 Å². The number of hydrogen-bond acceptors (Lipinski definition) is 6. The molecule has 22 heavy (non-hydrogen) atoms. The Morgan fingerprint density at radius 1 is 1.23 bits per heavy atom. The molecule has 1 aromatic heterocycles. The van der Waals surface area contributed by atoms with Crippen LogP contribution in [0.4, 0.5) is 4.79 Å². The zero-order valence-electron chi connectivity index (χ0n) is 12.6. The second kappa shape index (κ2) is 6.78. The third-order valence-corrected chi connectivity index (χ3v) is 3.78. The van der Waals surface area contributed by atoms with E-state index in [9.17, 15) is 4.79 Å². The normalized spacial score (nSPS) is 21.8. The fraction of sp³-hybridized carbons (Fsp3) is 0.643. The van der Waals surface area contributed by atoms with Crippen molar-refractivity contribution in [3.05, 3.63) is 12.4 Å². The predicted octanol–water partition coefficient (Wildman–Crippen LogP) is 0.390. The van der Waals surface area contributed by atoms with Crippen molar-refractivity contribution in [1.82, 2.24) is 19.8 Å². The molecule has 1 unspecified atom stereocenters. The molecule has 0 N–H and O–H groups in total. The number of carbonyl (C=O) groups is 1. The number of rotatable bonds is 3. The molecule has 0 radical (unpaired) electrons. The van der Waals surface area contributed by atoms with Gasteiger partial charge in [-0.2, -0.15) is 4.98 Å². The first kappa shape index (κ1) is 14.8. The molecule has 1 aromatic rings. The maximum absolute atomic E-state index is 12.4. The number of methoxy groups -OCH3 is 1. The Morgan fingerprint density at radius 2 is 2.00 bits per heavy atom. The summed E-state index contributed by atoms with van der Waals surface area (Å²) in [7, 11) is 1.53. The SMILES string of the molecule is COc1cncc(OC2CCN(C(=O)N3CCOCC3)C2)n1. The van der Waals surface area contributed by atoms with Crippen LogP contribution in [0.5, 0.6) is 11.8 Å². The molecule has 2 saturated heterocycles. The van der Waals surface area contributed by atoms with Gasteiger partial charge in [-0.15, -0.1) is 0 Å². The molecule has 2 aliphatic rings. The van der Waals surface area contributed by atoms with Crippen molar-refractivity contribution in [2.75, 3.05) is 46.5 Å². The number of amides is 2. The first-order chi connectivity index (χ1) is 10.8. The molecule has 0 bridgehead atoms. The van der Waals surface area contributed by atoms with Crippen LogP contribution in [0.3, 0.4) is 0 Å². The Kier molecular flexibility index (Phi) is 4.57. The highest BCUT2D eigenvalue weighted by Gasteiger charge is 2.31. The molecule has 120 valence electrons. The monoisotopic (exact) mass is 308 g/mol. The molecule has 0 aromatic carbocycles. The molecule has 2 amide bonds. The van der Waals surface area contributed by atoms with E-state index in [1.807, 2.05) is 9.80 Å². The van der Waals surface area contributed by atoms with Crippen LogP contribution >= 0.6 is 0 Å². The topological polar surface area (TPSA) is 77.0 Å². The Balaban J connectivity index is 1.54. The van der Waals surface area contributed by atoms with Crippen molar-refractivity contribution in [2.45, 2.75) is 12.5 Å². The molecular formula is C14H20N4O4. The molecule has 0 saturated carbocycles. The molecule has 1 atom stereocenters. The summed E-state index contributed by atoms with van der Waals surface area (Å²) < 4.78 is 16.1. The van der Waals surface area contributed by atoms with Crippen LogP contribution in [0.15, 0.2) is 12.4 Å². The van der Waals surface area contributed by atoms with Gasteiger partial charge in [0.05, 0.1) is 39.3 Å². The van der Waals surface area contributed by atoms with Crippen LogP contribution in [0.1, 0.15) is 6.42 Å². The minimum atomic E-state index is -0.0635. The van der Waals surface area contributed by atoms with Gasteiger partial charge in [-0.25, -0.2) is 4.79 Å². The number of urea groups is 1. The summed E-state index contributed by atoms with van der Waals surface area (Å²) in [6.45, 7) is 3.79. The Morgan fingerprint density at radius 3 is 2.77 bits per heavy atom. The Labute approximate surface area is 129 Å². The van der Waals surface area contributed by atoms with Gasteiger partial charge in [0.1, 0.15) is 6.10 Å². The summed E-state index contributed by atoms with van der Waals surface area (Å²) in [4.78, 5) is 24.2. The van der Waals surface area contributed by atoms with Gasteiger partial charge in [0.25, 0.3) is 0 Å². The zero-order valence-corrected chi connectivity index (χ0v) is 12.6. The van der Waals surface area contributed by atoms with Crippen LogP contribution in [0.2, 0.25) is 0 Å². The maximum atomic E-state index is 12.4. The second-order valence-corrected chi connectivity index (χ2v) is 5.26. The minimum Gasteiger partial charge on any atom is -0.480 e. The number of carbonyl (C=O) groups excluding carboxylic acids is 1. The predicted molar refractivity (Wildman–Crippen MR) is 77.0 cm³/mol. The van der Waals surface area contributed by atoms with Gasteiger partial charge in [-0.05, 0) is 0 Å². The summed E-state index contributed by atoms with van der Waals surface area (Å²) in [5.41, 5.74) is 0. The van der Waals surface area contributed by atoms with Gasteiger partial charge in [0.2, 0.25) is 11.8 Å². The highest BCUT2D eigenvalue weighted by molar-refractivity contribution is 5.74. The third-order valence-electron chi connectivity index (χ3n) is 3.78. The van der Waals surface area contributed by atoms with Gasteiger partial charge in [0.15, 0.2) is 0 Å². The van der Waals surface area contributed by atoms with Gasteiger partial charge in [-0.1, -0.05) is 0 Å². The largest absolute Gasteiger partial charge is 0.480 e. The molecule has 3 rings (SSSR count). The van der Waals surface area contributed by atoms with Crippen LogP contribution < -0.4 is 9.47 Å². The van der Waals surface area contributed by atoms with Gasteiger partial charge < -0.3 is 24.0 Å². The van der Waals surface area contributed by atoms with E-state index in [2.05, 4.69) is 9.97 Å². The number of morpholine rings is 1. The lowest BCUT2D eigenvalue weighted by Gasteiger charge is -2.30. The molecule has 0 aliphatic carbocycles. The summed E-state index contributed by atoms with van der Waals surface area (Å²) in [5.74, 6) is 0.835. The molecule has 3 heterocycles. The summed E-state index contributed by atoms with van der Waals surface area (Å²) in [6.07, 6.45) is 3.80. The fourth-order valence-electron chi connectivity index (χ4n) is 2.61. The standard InChI is InChI=1S/C14H20N4O4/c1-20-12-8-15-9-13(16-12)22-11-2-3-18(10-11)14(19)17-4-6-21-7-5-17/h8-9,11H,2-7,10H2,1H3. The minimum absolute atomic E-state index is 0.0612. The van der Waals surface area contributed by atoms with E-state index in [0.29, 0.717) is 51.2 Å². The Bertz CT molecular complexity index is 521. The van der Waals surface area contributed by atoms with Gasteiger partial charge in [0, 0.05) is 26.1 Å². The van der Waals surface area contributed by atoms with Crippen LogP contribution in [0, 0.1) is 0 Å². The third kappa shape index (κ3) is 3.38. The van der Waals surface area contributed by atoms with Crippen LogP contribution in [-0.4, -0.2) is 78.4 Å². The number of hydrogen-bond donors (Lipinski definition) is 0. The highest BCUT2D eigenvalue weighted by atomic mass is 16.5. The number of aromatic nitrogens is 2. The molecule has 8 nitrogen and oxygen atoms in total. The number of ether oxygens (including phenoxy) is 3. The van der Waals surface area contributed by atoms with Crippen LogP contribution in [-0.2, 0) is 4.74 Å². The summed E-state index contributed by atoms with van der Waals surface area (Å²) in [6, 6.07) is 0.0612. The van der Waals surface area contributed by atoms with E-state index in [4.69, 9.17) is 14.2 Å². The van der Waals surface area contributed by atoms with E-state index in [-0.39, 0.29) is 12.1 Å². The molecule has 2 fully saturated rings. The lowest BCUT2D eigenvalue weighted by molar-refractivity contribution is 0.0443. The summed E-state index contributed by atoms with van der Waals surface area (Å²) in [5, 5.41) is 0. The van der Waals surface area contributed by atoms with E-state index in [0.717, 1.165) is 6.42 Å². The average molecular weight is 308 g/mol. The van der Waals surface area contributed by atoms with Crippen molar-refractivity contribution in [1.29, 1.82) is 0 Å². The fourth-order valence-corrected chi connectivity index (χ4v) is 2.61. The van der Waals surface area contributed by atoms with E-state index >= 15 is 0 Å². The maximum Gasteiger partial charge on any atom is 0.320 e. The molecular weight excluding hydrogens is 288 g/mol. The first-order valence-electron chi connectivity index (χ1n) is 7.40. The van der Waals surface area contributed by atoms with E-state index < -0.39 is 0 Å². The lowest BCUT2D eigenvalue weighted by atomic mass is 10.3. The average Bonchev–Trinajstić information content (AvgIpc) is 3.03. The van der Waals surface area contributed by atoms with E-state index in [1.54, 1.807) is 6.20 Å². The van der Waals surface area contributed by atoms with Gasteiger partial charge >= 0.3 is 6.03 Å². The van der Waals surface area contributed by atoms with Crippen molar-refractivity contribution in [2.24, 2.45) is 0 Å². The smallest absolute Gasteiger partial charge is 0.320 e.